The molecule has 2 atom stereocenters. The van der Waals surface area contributed by atoms with Crippen molar-refractivity contribution >= 4 is 0 Å². The lowest BCUT2D eigenvalue weighted by atomic mass is 10.2. The van der Waals surface area contributed by atoms with E-state index in [4.69, 9.17) is 9.47 Å². The first kappa shape index (κ1) is 5.45. The minimum Gasteiger partial charge on any atom is -0.373 e. The first-order valence-electron chi connectivity index (χ1n) is 3.35. The summed E-state index contributed by atoms with van der Waals surface area (Å²) in [5, 5.41) is 0. The van der Waals surface area contributed by atoms with E-state index in [0.29, 0.717) is 12.2 Å². The van der Waals surface area contributed by atoms with Gasteiger partial charge in [-0.05, 0) is 0 Å². The van der Waals surface area contributed by atoms with Gasteiger partial charge in [0.25, 0.3) is 0 Å². The minimum absolute atomic E-state index is 0.345. The van der Waals surface area contributed by atoms with Crippen LogP contribution in [0.25, 0.3) is 0 Å². The van der Waals surface area contributed by atoms with Crippen LogP contribution in [0.2, 0.25) is 0 Å². The summed E-state index contributed by atoms with van der Waals surface area (Å²) in [5.41, 5.74) is 0. The molecule has 0 spiro atoms. The quantitative estimate of drug-likeness (QED) is 0.402. The molecule has 0 radical (unpaired) electrons. The van der Waals surface area contributed by atoms with Crippen LogP contribution in [0.4, 0.5) is 0 Å². The highest BCUT2D eigenvalue weighted by Crippen LogP contribution is 2.19. The second kappa shape index (κ2) is 2.12. The van der Waals surface area contributed by atoms with Gasteiger partial charge in [-0.1, -0.05) is 12.2 Å². The van der Waals surface area contributed by atoms with Gasteiger partial charge in [0.2, 0.25) is 0 Å². The van der Waals surface area contributed by atoms with Crippen molar-refractivity contribution in [2.75, 3.05) is 13.2 Å². The molecule has 1 saturated heterocycles. The van der Waals surface area contributed by atoms with Gasteiger partial charge in [0.05, 0.1) is 25.4 Å². The molecule has 0 aromatic rings. The number of hydrogen-bond donors (Lipinski definition) is 0. The Morgan fingerprint density at radius 1 is 1.44 bits per heavy atom. The molecule has 0 saturated carbocycles. The third kappa shape index (κ3) is 1.32. The van der Waals surface area contributed by atoms with Gasteiger partial charge in [-0.25, -0.2) is 0 Å². The van der Waals surface area contributed by atoms with Gasteiger partial charge in [-0.3, -0.25) is 0 Å². The third-order valence-corrected chi connectivity index (χ3v) is 1.65. The maximum absolute atomic E-state index is 5.31. The first-order chi connectivity index (χ1) is 4.45. The van der Waals surface area contributed by atoms with Crippen molar-refractivity contribution < 1.29 is 9.47 Å². The zero-order chi connectivity index (χ0) is 6.10. The summed E-state index contributed by atoms with van der Waals surface area (Å²) in [5.74, 6) is 0. The van der Waals surface area contributed by atoms with Crippen molar-refractivity contribution in [3.05, 3.63) is 12.2 Å². The fourth-order valence-electron chi connectivity index (χ4n) is 1.05. The first-order valence-corrected chi connectivity index (χ1v) is 3.35. The zero-order valence-corrected chi connectivity index (χ0v) is 5.25. The van der Waals surface area contributed by atoms with Gasteiger partial charge >= 0.3 is 0 Å². The topological polar surface area (TPSA) is 21.8 Å². The van der Waals surface area contributed by atoms with Crippen molar-refractivity contribution in [3.63, 3.8) is 0 Å². The maximum Gasteiger partial charge on any atom is 0.0837 e. The van der Waals surface area contributed by atoms with Gasteiger partial charge in [-0.2, -0.15) is 0 Å². The Bertz CT molecular complexity index is 127. The molecule has 2 rings (SSSR count). The molecule has 9 heavy (non-hydrogen) atoms. The van der Waals surface area contributed by atoms with E-state index in [1.54, 1.807) is 0 Å². The van der Waals surface area contributed by atoms with E-state index in [9.17, 15) is 0 Å². The van der Waals surface area contributed by atoms with Gasteiger partial charge in [0, 0.05) is 6.42 Å². The van der Waals surface area contributed by atoms with Crippen molar-refractivity contribution in [1.82, 2.24) is 0 Å². The van der Waals surface area contributed by atoms with Gasteiger partial charge in [0.1, 0.15) is 0 Å². The highest BCUT2D eigenvalue weighted by Gasteiger charge is 2.26. The van der Waals surface area contributed by atoms with E-state index in [-0.39, 0.29) is 0 Å². The molecule has 0 bridgehead atoms. The molecule has 2 nitrogen and oxygen atoms in total. The standard InChI is InChI=1S/C7H10O2/c1-2-6(8-3-1)4-7-5-9-7/h1-2,6-7H,3-5H2. The average molecular weight is 126 g/mol. The van der Waals surface area contributed by atoms with Crippen LogP contribution in [0, 0.1) is 0 Å². The Labute approximate surface area is 54.5 Å². The fourth-order valence-corrected chi connectivity index (χ4v) is 1.05. The summed E-state index contributed by atoms with van der Waals surface area (Å²) in [6.45, 7) is 1.73. The number of ether oxygens (including phenoxy) is 2. The highest BCUT2D eigenvalue weighted by atomic mass is 16.6. The molecule has 0 aromatic heterocycles. The molecule has 2 heteroatoms. The molecule has 0 amide bonds. The van der Waals surface area contributed by atoms with Crippen LogP contribution in [-0.4, -0.2) is 25.4 Å². The Morgan fingerprint density at radius 2 is 2.33 bits per heavy atom. The SMILES string of the molecule is C1=CC(CC2CO2)OC1. The normalized spacial score (nSPS) is 39.6. The van der Waals surface area contributed by atoms with Crippen molar-refractivity contribution in [2.45, 2.75) is 18.6 Å². The van der Waals surface area contributed by atoms with Crippen LogP contribution < -0.4 is 0 Å². The molecule has 2 aliphatic rings. The summed E-state index contributed by atoms with van der Waals surface area (Å²) in [7, 11) is 0. The van der Waals surface area contributed by atoms with Gasteiger partial charge in [-0.15, -0.1) is 0 Å². The highest BCUT2D eigenvalue weighted by molar-refractivity contribution is 4.97. The van der Waals surface area contributed by atoms with E-state index in [1.807, 2.05) is 0 Å². The predicted octanol–water partition coefficient (Wildman–Crippen LogP) is 0.730. The molecular formula is C7H10O2. The Morgan fingerprint density at radius 3 is 2.89 bits per heavy atom. The molecule has 50 valence electrons. The summed E-state index contributed by atoms with van der Waals surface area (Å²) in [6.07, 6.45) is 6.07. The second-order valence-corrected chi connectivity index (χ2v) is 2.49. The summed E-state index contributed by atoms with van der Waals surface area (Å²) < 4.78 is 10.4. The Kier molecular flexibility index (Phi) is 1.28. The number of epoxide rings is 1. The molecule has 1 fully saturated rings. The summed E-state index contributed by atoms with van der Waals surface area (Å²) in [4.78, 5) is 0. The van der Waals surface area contributed by atoms with E-state index in [1.165, 1.54) is 0 Å². The Balaban J connectivity index is 1.77. The van der Waals surface area contributed by atoms with E-state index < -0.39 is 0 Å². The maximum atomic E-state index is 5.31. The third-order valence-electron chi connectivity index (χ3n) is 1.65. The lowest BCUT2D eigenvalue weighted by Crippen LogP contribution is -2.07. The summed E-state index contributed by atoms with van der Waals surface area (Å²) in [6, 6.07) is 0. The lowest BCUT2D eigenvalue weighted by molar-refractivity contribution is 0.114. The fraction of sp³-hybridized carbons (Fsp3) is 0.714. The predicted molar refractivity (Wildman–Crippen MR) is 33.2 cm³/mol. The van der Waals surface area contributed by atoms with Gasteiger partial charge in [0.15, 0.2) is 0 Å². The molecule has 0 aliphatic carbocycles. The Hall–Kier alpha value is -0.340. The summed E-state index contributed by atoms with van der Waals surface area (Å²) >= 11 is 0. The monoisotopic (exact) mass is 126 g/mol. The van der Waals surface area contributed by atoms with Crippen molar-refractivity contribution in [1.29, 1.82) is 0 Å². The van der Waals surface area contributed by atoms with Crippen LogP contribution in [0.1, 0.15) is 6.42 Å². The van der Waals surface area contributed by atoms with Crippen LogP contribution in [0.5, 0.6) is 0 Å². The minimum atomic E-state index is 0.345. The largest absolute Gasteiger partial charge is 0.373 e. The number of hydrogen-bond acceptors (Lipinski definition) is 2. The van der Waals surface area contributed by atoms with Crippen LogP contribution in [0.15, 0.2) is 12.2 Å². The van der Waals surface area contributed by atoms with E-state index in [2.05, 4.69) is 12.2 Å². The van der Waals surface area contributed by atoms with Crippen LogP contribution in [-0.2, 0) is 9.47 Å². The van der Waals surface area contributed by atoms with E-state index in [0.717, 1.165) is 19.6 Å². The molecule has 2 heterocycles. The molecule has 2 aliphatic heterocycles. The van der Waals surface area contributed by atoms with Crippen LogP contribution >= 0.6 is 0 Å². The average Bonchev–Trinajstić information content (AvgIpc) is 2.46. The molecule has 0 N–H and O–H groups in total. The van der Waals surface area contributed by atoms with Gasteiger partial charge < -0.3 is 9.47 Å². The van der Waals surface area contributed by atoms with Crippen molar-refractivity contribution in [3.8, 4) is 0 Å². The van der Waals surface area contributed by atoms with E-state index >= 15 is 0 Å². The second-order valence-electron chi connectivity index (χ2n) is 2.49. The van der Waals surface area contributed by atoms with Crippen molar-refractivity contribution in [2.24, 2.45) is 0 Å². The lowest BCUT2D eigenvalue weighted by Gasteiger charge is -2.03. The zero-order valence-electron chi connectivity index (χ0n) is 5.25. The van der Waals surface area contributed by atoms with Crippen LogP contribution in [0.3, 0.4) is 0 Å². The smallest absolute Gasteiger partial charge is 0.0837 e. The number of rotatable bonds is 2. The molecule has 0 aromatic carbocycles. The molecule has 2 unspecified atom stereocenters. The molecular weight excluding hydrogens is 116 g/mol.